The average molecular weight is 459 g/mol. The molecule has 2 aliphatic heterocycles. The van der Waals surface area contributed by atoms with Gasteiger partial charge in [0.2, 0.25) is 0 Å². The Morgan fingerprint density at radius 2 is 1.81 bits per heavy atom. The number of amides is 1. The van der Waals surface area contributed by atoms with Crippen LogP contribution in [0.5, 0.6) is 11.5 Å². The fraction of sp³-hybridized carbons (Fsp3) is 0.458. The third-order valence-electron chi connectivity index (χ3n) is 6.68. The van der Waals surface area contributed by atoms with E-state index in [2.05, 4.69) is 22.3 Å². The van der Waals surface area contributed by atoms with Crippen molar-refractivity contribution >= 4 is 15.7 Å². The van der Waals surface area contributed by atoms with Crippen LogP contribution in [-0.4, -0.2) is 51.4 Å². The van der Waals surface area contributed by atoms with Gasteiger partial charge in [-0.1, -0.05) is 30.3 Å². The normalized spacial score (nSPS) is 23.0. The summed E-state index contributed by atoms with van der Waals surface area (Å²) in [6.45, 7) is 0.764. The molecule has 0 aliphatic carbocycles. The number of carbonyl (C=O) groups is 1. The lowest BCUT2D eigenvalue weighted by molar-refractivity contribution is 0.0184. The second-order valence-electron chi connectivity index (χ2n) is 8.66. The lowest BCUT2D eigenvalue weighted by atomic mass is 9.95. The van der Waals surface area contributed by atoms with E-state index in [0.29, 0.717) is 6.04 Å². The molecule has 2 saturated heterocycles. The van der Waals surface area contributed by atoms with E-state index in [0.717, 1.165) is 44.9 Å². The molecule has 2 bridgehead atoms. The molecule has 2 aromatic carbocycles. The van der Waals surface area contributed by atoms with E-state index in [-0.39, 0.29) is 27.9 Å². The second kappa shape index (κ2) is 8.75. The van der Waals surface area contributed by atoms with Crippen molar-refractivity contribution in [3.63, 3.8) is 0 Å². The first-order valence-electron chi connectivity index (χ1n) is 10.9. The van der Waals surface area contributed by atoms with Crippen LogP contribution in [0.3, 0.4) is 0 Å². The Kier molecular flexibility index (Phi) is 6.18. The largest absolute Gasteiger partial charge is 0.496 e. The highest BCUT2D eigenvalue weighted by Crippen LogP contribution is 2.44. The summed E-state index contributed by atoms with van der Waals surface area (Å²) in [5.74, 6) is 0.0986. The van der Waals surface area contributed by atoms with Gasteiger partial charge < -0.3 is 14.8 Å². The number of nitrogens with one attached hydrogen (secondary N) is 1. The zero-order valence-electron chi connectivity index (χ0n) is 18.8. The molecule has 1 N–H and O–H groups in total. The quantitative estimate of drug-likeness (QED) is 0.685. The smallest absolute Gasteiger partial charge is 0.256 e. The molecular weight excluding hydrogens is 428 g/mol. The van der Waals surface area contributed by atoms with Gasteiger partial charge in [-0.25, -0.2) is 8.42 Å². The zero-order chi connectivity index (χ0) is 22.9. The SMILES string of the molecule is COc1cc(OC)c(S(C)(=O)=O)cc1C(=O)NC12CCCC(CC1)N2Cc1ccccc1. The van der Waals surface area contributed by atoms with Crippen LogP contribution in [0.25, 0.3) is 0 Å². The Hall–Kier alpha value is -2.58. The molecule has 0 radical (unpaired) electrons. The highest BCUT2D eigenvalue weighted by Gasteiger charge is 2.49. The fourth-order valence-electron chi connectivity index (χ4n) is 5.13. The molecule has 0 spiro atoms. The van der Waals surface area contributed by atoms with Gasteiger partial charge in [0, 0.05) is 24.9 Å². The van der Waals surface area contributed by atoms with Crippen LogP contribution in [0.2, 0.25) is 0 Å². The van der Waals surface area contributed by atoms with Crippen molar-refractivity contribution in [1.29, 1.82) is 0 Å². The minimum atomic E-state index is -3.59. The third kappa shape index (κ3) is 4.21. The summed E-state index contributed by atoms with van der Waals surface area (Å²) in [5, 5.41) is 3.27. The van der Waals surface area contributed by atoms with Gasteiger partial charge in [0.1, 0.15) is 16.4 Å². The minimum absolute atomic E-state index is 0.0301. The maximum absolute atomic E-state index is 13.5. The molecule has 1 amide bonds. The Balaban J connectivity index is 1.67. The van der Waals surface area contributed by atoms with Crippen molar-refractivity contribution in [2.24, 2.45) is 0 Å². The van der Waals surface area contributed by atoms with Gasteiger partial charge in [0.05, 0.1) is 25.4 Å². The molecule has 0 aromatic heterocycles. The maximum atomic E-state index is 13.5. The predicted octanol–water partition coefficient (Wildman–Crippen LogP) is 3.38. The summed E-state index contributed by atoms with van der Waals surface area (Å²) in [6, 6.07) is 13.5. The molecule has 172 valence electrons. The van der Waals surface area contributed by atoms with Crippen molar-refractivity contribution in [3.05, 3.63) is 53.6 Å². The summed E-state index contributed by atoms with van der Waals surface area (Å²) in [6.07, 6.45) is 6.02. The van der Waals surface area contributed by atoms with Crippen molar-refractivity contribution in [1.82, 2.24) is 10.2 Å². The van der Waals surface area contributed by atoms with E-state index in [4.69, 9.17) is 9.47 Å². The van der Waals surface area contributed by atoms with Crippen molar-refractivity contribution in [3.8, 4) is 11.5 Å². The summed E-state index contributed by atoms with van der Waals surface area (Å²) in [7, 11) is -0.745. The molecule has 32 heavy (non-hydrogen) atoms. The van der Waals surface area contributed by atoms with Gasteiger partial charge in [-0.3, -0.25) is 9.69 Å². The first-order chi connectivity index (χ1) is 15.3. The van der Waals surface area contributed by atoms with E-state index >= 15 is 0 Å². The summed E-state index contributed by atoms with van der Waals surface area (Å²) in [4.78, 5) is 15.9. The molecule has 4 rings (SSSR count). The van der Waals surface area contributed by atoms with Gasteiger partial charge in [0.25, 0.3) is 5.91 Å². The minimum Gasteiger partial charge on any atom is -0.496 e. The third-order valence-corrected chi connectivity index (χ3v) is 7.80. The lowest BCUT2D eigenvalue weighted by Crippen LogP contribution is -2.60. The van der Waals surface area contributed by atoms with Gasteiger partial charge >= 0.3 is 0 Å². The Labute approximate surface area is 189 Å². The molecule has 2 atom stereocenters. The van der Waals surface area contributed by atoms with E-state index in [1.165, 1.54) is 31.9 Å². The number of fused-ring (bicyclic) bond motifs is 2. The van der Waals surface area contributed by atoms with Gasteiger partial charge in [0.15, 0.2) is 9.84 Å². The predicted molar refractivity (Wildman–Crippen MR) is 122 cm³/mol. The van der Waals surface area contributed by atoms with E-state index in [9.17, 15) is 13.2 Å². The van der Waals surface area contributed by atoms with Crippen LogP contribution < -0.4 is 14.8 Å². The highest BCUT2D eigenvalue weighted by molar-refractivity contribution is 7.90. The van der Waals surface area contributed by atoms with Gasteiger partial charge in [-0.05, 0) is 43.7 Å². The molecule has 2 aromatic rings. The Morgan fingerprint density at radius 3 is 2.47 bits per heavy atom. The average Bonchev–Trinajstić information content (AvgIpc) is 2.95. The Morgan fingerprint density at radius 1 is 1.09 bits per heavy atom. The molecule has 8 heteroatoms. The van der Waals surface area contributed by atoms with Crippen LogP contribution in [0, 0.1) is 0 Å². The lowest BCUT2D eigenvalue weighted by Gasteiger charge is -2.45. The first kappa shape index (κ1) is 22.6. The van der Waals surface area contributed by atoms with Crippen LogP contribution in [0.1, 0.15) is 48.0 Å². The van der Waals surface area contributed by atoms with Crippen molar-refractivity contribution < 1.29 is 22.7 Å². The molecule has 2 heterocycles. The highest BCUT2D eigenvalue weighted by atomic mass is 32.2. The number of benzene rings is 2. The van der Waals surface area contributed by atoms with E-state index in [1.807, 2.05) is 18.2 Å². The first-order valence-corrected chi connectivity index (χ1v) is 12.8. The molecular formula is C24H30N2O5S. The number of rotatable bonds is 7. The number of ether oxygens (including phenoxy) is 2. The number of hydrogen-bond acceptors (Lipinski definition) is 6. The van der Waals surface area contributed by atoms with Crippen LogP contribution in [-0.2, 0) is 16.4 Å². The molecule has 2 unspecified atom stereocenters. The number of sulfone groups is 1. The summed E-state index contributed by atoms with van der Waals surface area (Å²) < 4.78 is 35.2. The standard InChI is InChI=1S/C24H30N2O5S/c1-30-20-15-21(31-2)22(32(3,28)29)14-19(20)23(27)25-24-12-7-10-18(11-13-24)26(24)16-17-8-5-4-6-9-17/h4-6,8-9,14-15,18H,7,10-13,16H2,1-3H3,(H,25,27). The van der Waals surface area contributed by atoms with Gasteiger partial charge in [-0.15, -0.1) is 0 Å². The van der Waals surface area contributed by atoms with Crippen LogP contribution >= 0.6 is 0 Å². The van der Waals surface area contributed by atoms with Crippen molar-refractivity contribution in [2.45, 2.75) is 55.2 Å². The summed E-state index contributed by atoms with van der Waals surface area (Å²) >= 11 is 0. The maximum Gasteiger partial charge on any atom is 0.256 e. The van der Waals surface area contributed by atoms with Crippen LogP contribution in [0.4, 0.5) is 0 Å². The van der Waals surface area contributed by atoms with E-state index < -0.39 is 15.5 Å². The Bertz CT molecular complexity index is 1100. The second-order valence-corrected chi connectivity index (χ2v) is 10.6. The number of nitrogens with zero attached hydrogens (tertiary/aromatic N) is 1. The molecule has 7 nitrogen and oxygen atoms in total. The van der Waals surface area contributed by atoms with Crippen molar-refractivity contribution in [2.75, 3.05) is 20.5 Å². The molecule has 0 saturated carbocycles. The number of hydrogen-bond donors (Lipinski definition) is 1. The van der Waals surface area contributed by atoms with Gasteiger partial charge in [-0.2, -0.15) is 0 Å². The fourth-order valence-corrected chi connectivity index (χ4v) is 5.97. The molecule has 2 fully saturated rings. The number of carbonyl (C=O) groups excluding carboxylic acids is 1. The monoisotopic (exact) mass is 458 g/mol. The zero-order valence-corrected chi connectivity index (χ0v) is 19.6. The topological polar surface area (TPSA) is 84.9 Å². The number of piperidine rings is 1. The molecule has 2 aliphatic rings. The van der Waals surface area contributed by atoms with Crippen LogP contribution in [0.15, 0.2) is 47.4 Å². The summed E-state index contributed by atoms with van der Waals surface area (Å²) in [5.41, 5.74) is 0.949. The van der Waals surface area contributed by atoms with E-state index in [1.54, 1.807) is 0 Å². The number of methoxy groups -OCH3 is 2.